The summed E-state index contributed by atoms with van der Waals surface area (Å²) in [7, 11) is 1.85. The zero-order chi connectivity index (χ0) is 17.5. The number of ketones is 1. The molecule has 128 valence electrons. The molecular weight excluding hydrogens is 324 g/mol. The number of thioether (sulfide) groups is 1. The Bertz CT molecular complexity index is 697. The van der Waals surface area contributed by atoms with Crippen LogP contribution in [0.1, 0.15) is 36.2 Å². The van der Waals surface area contributed by atoms with E-state index in [4.69, 9.17) is 0 Å². The third-order valence-corrected chi connectivity index (χ3v) is 4.63. The highest BCUT2D eigenvalue weighted by molar-refractivity contribution is 7.99. The van der Waals surface area contributed by atoms with Crippen molar-refractivity contribution in [2.24, 2.45) is 7.05 Å². The molecule has 1 N–H and O–H groups in total. The normalized spacial score (nSPS) is 12.0. The molecule has 0 saturated carbocycles. The third-order valence-electron chi connectivity index (χ3n) is 3.59. The van der Waals surface area contributed by atoms with Crippen LogP contribution in [0.3, 0.4) is 0 Å². The SMILES string of the molecule is CC(=O)N[C@@H](C)CCc1ccc(C(=O)CSc2nncn2C)cc1. The number of nitrogens with zero attached hydrogens (tertiary/aromatic N) is 3. The molecule has 24 heavy (non-hydrogen) atoms. The van der Waals surface area contributed by atoms with Crippen LogP contribution in [-0.4, -0.2) is 38.2 Å². The van der Waals surface area contributed by atoms with Crippen LogP contribution in [-0.2, 0) is 18.3 Å². The monoisotopic (exact) mass is 346 g/mol. The van der Waals surface area contributed by atoms with E-state index in [1.807, 2.05) is 38.2 Å². The summed E-state index contributed by atoms with van der Waals surface area (Å²) in [5.41, 5.74) is 1.85. The van der Waals surface area contributed by atoms with E-state index in [9.17, 15) is 9.59 Å². The van der Waals surface area contributed by atoms with Gasteiger partial charge in [-0.1, -0.05) is 36.0 Å². The number of carbonyl (C=O) groups excluding carboxylic acids is 2. The summed E-state index contributed by atoms with van der Waals surface area (Å²) in [6, 6.07) is 7.81. The van der Waals surface area contributed by atoms with Gasteiger partial charge in [-0.2, -0.15) is 0 Å². The van der Waals surface area contributed by atoms with Gasteiger partial charge in [-0.25, -0.2) is 0 Å². The first-order chi connectivity index (χ1) is 11.5. The fourth-order valence-corrected chi connectivity index (χ4v) is 3.06. The molecule has 1 aromatic heterocycles. The van der Waals surface area contributed by atoms with Gasteiger partial charge in [0, 0.05) is 25.6 Å². The number of hydrogen-bond donors (Lipinski definition) is 1. The number of hydrogen-bond acceptors (Lipinski definition) is 5. The number of rotatable bonds is 8. The van der Waals surface area contributed by atoms with Crippen molar-refractivity contribution < 1.29 is 9.59 Å². The molecule has 6 nitrogen and oxygen atoms in total. The van der Waals surface area contributed by atoms with Crippen LogP contribution in [0.25, 0.3) is 0 Å². The summed E-state index contributed by atoms with van der Waals surface area (Å²) in [6.07, 6.45) is 3.35. The molecule has 1 amide bonds. The van der Waals surface area contributed by atoms with Crippen molar-refractivity contribution in [3.63, 3.8) is 0 Å². The molecule has 0 bridgehead atoms. The lowest BCUT2D eigenvalue weighted by atomic mass is 10.0. The molecule has 1 heterocycles. The molecule has 0 aliphatic heterocycles. The second-order valence-electron chi connectivity index (χ2n) is 5.77. The van der Waals surface area contributed by atoms with Crippen molar-refractivity contribution in [2.45, 2.75) is 37.9 Å². The van der Waals surface area contributed by atoms with E-state index >= 15 is 0 Å². The minimum Gasteiger partial charge on any atom is -0.354 e. The van der Waals surface area contributed by atoms with Crippen molar-refractivity contribution in [3.8, 4) is 0 Å². The third kappa shape index (κ3) is 5.49. The van der Waals surface area contributed by atoms with Crippen LogP contribution in [0.4, 0.5) is 0 Å². The van der Waals surface area contributed by atoms with Crippen molar-refractivity contribution >= 4 is 23.5 Å². The molecule has 2 aromatic rings. The fourth-order valence-electron chi connectivity index (χ4n) is 2.28. The number of aromatic nitrogens is 3. The van der Waals surface area contributed by atoms with Gasteiger partial charge >= 0.3 is 0 Å². The smallest absolute Gasteiger partial charge is 0.217 e. The van der Waals surface area contributed by atoms with Crippen LogP contribution < -0.4 is 5.32 Å². The van der Waals surface area contributed by atoms with Gasteiger partial charge in [-0.05, 0) is 25.3 Å². The Labute approximate surface area is 146 Å². The number of nitrogens with one attached hydrogen (secondary N) is 1. The maximum absolute atomic E-state index is 12.2. The standard InChI is InChI=1S/C17H22N4O2S/c1-12(19-13(2)22)4-5-14-6-8-15(9-7-14)16(23)10-24-17-20-18-11-21(17)3/h6-9,11-12H,4-5,10H2,1-3H3,(H,19,22)/t12-/m0/s1. The number of aryl methyl sites for hydroxylation is 2. The summed E-state index contributed by atoms with van der Waals surface area (Å²) < 4.78 is 1.79. The highest BCUT2D eigenvalue weighted by atomic mass is 32.2. The predicted octanol–water partition coefficient (Wildman–Crippen LogP) is 2.25. The fraction of sp³-hybridized carbons (Fsp3) is 0.412. The van der Waals surface area contributed by atoms with Gasteiger partial charge in [0.15, 0.2) is 10.9 Å². The van der Waals surface area contributed by atoms with E-state index in [0.29, 0.717) is 11.3 Å². The summed E-state index contributed by atoms with van der Waals surface area (Å²) in [6.45, 7) is 3.51. The molecule has 0 radical (unpaired) electrons. The minimum atomic E-state index is -0.0103. The maximum atomic E-state index is 12.2. The molecule has 0 fully saturated rings. The van der Waals surface area contributed by atoms with Gasteiger partial charge < -0.3 is 9.88 Å². The summed E-state index contributed by atoms with van der Waals surface area (Å²) in [4.78, 5) is 23.2. The van der Waals surface area contributed by atoms with Gasteiger partial charge in [0.2, 0.25) is 5.91 Å². The number of Topliss-reactive ketones (excluding diaryl/α,β-unsaturated/α-hetero) is 1. The molecule has 0 spiro atoms. The lowest BCUT2D eigenvalue weighted by molar-refractivity contribution is -0.119. The molecule has 0 saturated heterocycles. The first-order valence-electron chi connectivity index (χ1n) is 7.81. The van der Waals surface area contributed by atoms with E-state index in [1.54, 1.807) is 10.9 Å². The van der Waals surface area contributed by atoms with E-state index in [-0.39, 0.29) is 17.7 Å². The van der Waals surface area contributed by atoms with E-state index < -0.39 is 0 Å². The van der Waals surface area contributed by atoms with E-state index in [2.05, 4.69) is 15.5 Å². The second-order valence-corrected chi connectivity index (χ2v) is 6.72. The average Bonchev–Trinajstić information content (AvgIpc) is 2.95. The van der Waals surface area contributed by atoms with Gasteiger partial charge in [0.05, 0.1) is 5.75 Å². The first kappa shape index (κ1) is 18.2. The lowest BCUT2D eigenvalue weighted by Gasteiger charge is -2.12. The van der Waals surface area contributed by atoms with Gasteiger partial charge in [0.25, 0.3) is 0 Å². The highest BCUT2D eigenvalue weighted by Gasteiger charge is 2.10. The molecule has 1 atom stereocenters. The first-order valence-corrected chi connectivity index (χ1v) is 8.80. The Hall–Kier alpha value is -2.15. The molecule has 1 aromatic carbocycles. The quantitative estimate of drug-likeness (QED) is 0.586. The molecule has 0 aliphatic carbocycles. The van der Waals surface area contributed by atoms with Crippen LogP contribution in [0.2, 0.25) is 0 Å². The number of amides is 1. The predicted molar refractivity (Wildman–Crippen MR) is 94.1 cm³/mol. The summed E-state index contributed by atoms with van der Waals surface area (Å²) in [5.74, 6) is 0.399. The Morgan fingerprint density at radius 3 is 2.58 bits per heavy atom. The van der Waals surface area contributed by atoms with Crippen LogP contribution >= 0.6 is 11.8 Å². The van der Waals surface area contributed by atoms with Gasteiger partial charge in [0.1, 0.15) is 6.33 Å². The molecule has 2 rings (SSSR count). The van der Waals surface area contributed by atoms with E-state index in [1.165, 1.54) is 18.7 Å². The maximum Gasteiger partial charge on any atom is 0.217 e. The van der Waals surface area contributed by atoms with Crippen LogP contribution in [0.5, 0.6) is 0 Å². The molecule has 0 unspecified atom stereocenters. The Balaban J connectivity index is 1.83. The van der Waals surface area contributed by atoms with Crippen molar-refractivity contribution in [1.29, 1.82) is 0 Å². The summed E-state index contributed by atoms with van der Waals surface area (Å²) in [5, 5.41) is 11.3. The topological polar surface area (TPSA) is 76.9 Å². The van der Waals surface area contributed by atoms with Crippen molar-refractivity contribution in [3.05, 3.63) is 41.7 Å². The molecule has 7 heteroatoms. The van der Waals surface area contributed by atoms with Gasteiger partial charge in [-0.15, -0.1) is 10.2 Å². The van der Waals surface area contributed by atoms with E-state index in [0.717, 1.165) is 23.6 Å². The highest BCUT2D eigenvalue weighted by Crippen LogP contribution is 2.16. The molecule has 0 aliphatic rings. The van der Waals surface area contributed by atoms with Crippen molar-refractivity contribution in [1.82, 2.24) is 20.1 Å². The number of benzene rings is 1. The zero-order valence-electron chi connectivity index (χ0n) is 14.2. The largest absolute Gasteiger partial charge is 0.354 e. The van der Waals surface area contributed by atoms with Gasteiger partial charge in [-0.3, -0.25) is 9.59 Å². The second kappa shape index (κ2) is 8.63. The average molecular weight is 346 g/mol. The zero-order valence-corrected chi connectivity index (χ0v) is 15.0. The Morgan fingerprint density at radius 2 is 2.00 bits per heavy atom. The van der Waals surface area contributed by atoms with Crippen LogP contribution in [0.15, 0.2) is 35.7 Å². The lowest BCUT2D eigenvalue weighted by Crippen LogP contribution is -2.30. The Kier molecular flexibility index (Phi) is 6.54. The number of carbonyl (C=O) groups is 2. The van der Waals surface area contributed by atoms with Crippen molar-refractivity contribution in [2.75, 3.05) is 5.75 Å². The van der Waals surface area contributed by atoms with Crippen LogP contribution in [0, 0.1) is 0 Å². The Morgan fingerprint density at radius 1 is 1.29 bits per heavy atom. The summed E-state index contributed by atoms with van der Waals surface area (Å²) >= 11 is 1.38. The molecular formula is C17H22N4O2S. The minimum absolute atomic E-state index is 0.0103.